The van der Waals surface area contributed by atoms with Gasteiger partial charge < -0.3 is 24.8 Å². The second kappa shape index (κ2) is 11.0. The summed E-state index contributed by atoms with van der Waals surface area (Å²) >= 11 is 0. The molecule has 1 aromatic rings. The Morgan fingerprint density at radius 2 is 2.04 bits per heavy atom. The summed E-state index contributed by atoms with van der Waals surface area (Å²) in [6, 6.07) is 6.46. The second-order valence-corrected chi connectivity index (χ2v) is 6.11. The summed E-state index contributed by atoms with van der Waals surface area (Å²) in [5.41, 5.74) is 0.905. The Balaban J connectivity index is 1.61. The molecule has 1 aromatic carbocycles. The van der Waals surface area contributed by atoms with Gasteiger partial charge in [0.2, 0.25) is 0 Å². The van der Waals surface area contributed by atoms with Crippen LogP contribution in [0.3, 0.4) is 0 Å². The molecule has 1 atom stereocenters. The summed E-state index contributed by atoms with van der Waals surface area (Å²) in [4.78, 5) is 4.14. The van der Waals surface area contributed by atoms with E-state index in [0.29, 0.717) is 25.7 Å². The molecule has 1 unspecified atom stereocenters. The molecule has 2 N–H and O–H groups in total. The first-order valence-electron chi connectivity index (χ1n) is 8.88. The van der Waals surface area contributed by atoms with E-state index in [1.807, 2.05) is 0 Å². The summed E-state index contributed by atoms with van der Waals surface area (Å²) in [6.45, 7) is 2.04. The lowest BCUT2D eigenvalue weighted by molar-refractivity contribution is -0.153. The first kappa shape index (κ1) is 21.3. The van der Waals surface area contributed by atoms with E-state index >= 15 is 0 Å². The van der Waals surface area contributed by atoms with E-state index in [0.717, 1.165) is 31.6 Å². The zero-order valence-corrected chi connectivity index (χ0v) is 15.3. The van der Waals surface area contributed by atoms with Crippen molar-refractivity contribution in [2.75, 3.05) is 40.0 Å². The summed E-state index contributed by atoms with van der Waals surface area (Å²) < 4.78 is 52.0. The van der Waals surface area contributed by atoms with Crippen LogP contribution in [0.4, 0.5) is 13.2 Å². The van der Waals surface area contributed by atoms with E-state index in [1.54, 1.807) is 19.2 Å². The summed E-state index contributed by atoms with van der Waals surface area (Å²) in [6.07, 6.45) is -2.32. The molecule has 27 heavy (non-hydrogen) atoms. The van der Waals surface area contributed by atoms with Crippen molar-refractivity contribution >= 4 is 5.96 Å². The van der Waals surface area contributed by atoms with Gasteiger partial charge in [0.1, 0.15) is 5.75 Å². The fourth-order valence-electron chi connectivity index (χ4n) is 2.45. The van der Waals surface area contributed by atoms with Crippen molar-refractivity contribution in [1.82, 2.24) is 10.6 Å². The number of guanidine groups is 1. The van der Waals surface area contributed by atoms with Crippen LogP contribution in [0.15, 0.2) is 29.3 Å². The number of alkyl halides is 3. The summed E-state index contributed by atoms with van der Waals surface area (Å²) in [7, 11) is 1.68. The Morgan fingerprint density at radius 3 is 2.67 bits per heavy atom. The van der Waals surface area contributed by atoms with Crippen molar-refractivity contribution in [2.45, 2.75) is 31.7 Å². The van der Waals surface area contributed by atoms with Gasteiger partial charge >= 0.3 is 6.18 Å². The van der Waals surface area contributed by atoms with Crippen LogP contribution in [0.2, 0.25) is 0 Å². The Morgan fingerprint density at radius 1 is 1.26 bits per heavy atom. The number of ether oxygens (including phenoxy) is 3. The maximum Gasteiger partial charge on any atom is 0.422 e. The van der Waals surface area contributed by atoms with Crippen LogP contribution in [0, 0.1) is 0 Å². The normalized spacial score (nSPS) is 17.8. The molecular weight excluding hydrogens is 363 g/mol. The molecule has 1 fully saturated rings. The molecule has 0 saturated carbocycles. The van der Waals surface area contributed by atoms with E-state index in [1.165, 1.54) is 12.1 Å². The Hall–Kier alpha value is -2.00. The minimum Gasteiger partial charge on any atom is -0.484 e. The van der Waals surface area contributed by atoms with Crippen molar-refractivity contribution in [1.29, 1.82) is 0 Å². The lowest BCUT2D eigenvalue weighted by Gasteiger charge is -2.13. The maximum atomic E-state index is 12.1. The molecule has 0 aromatic heterocycles. The van der Waals surface area contributed by atoms with Gasteiger partial charge in [-0.1, -0.05) is 12.1 Å². The molecule has 1 heterocycles. The topological polar surface area (TPSA) is 64.1 Å². The van der Waals surface area contributed by atoms with Gasteiger partial charge in [-0.2, -0.15) is 13.2 Å². The molecule has 1 aliphatic heterocycles. The van der Waals surface area contributed by atoms with Gasteiger partial charge in [0.05, 0.1) is 12.7 Å². The minimum absolute atomic E-state index is 0.186. The van der Waals surface area contributed by atoms with E-state index in [-0.39, 0.29) is 11.9 Å². The van der Waals surface area contributed by atoms with Crippen LogP contribution >= 0.6 is 0 Å². The minimum atomic E-state index is -4.34. The smallest absolute Gasteiger partial charge is 0.422 e. The largest absolute Gasteiger partial charge is 0.484 e. The molecule has 6 nitrogen and oxygen atoms in total. The van der Waals surface area contributed by atoms with Crippen LogP contribution in [-0.4, -0.2) is 58.3 Å². The summed E-state index contributed by atoms with van der Waals surface area (Å²) in [5, 5.41) is 6.34. The highest BCUT2D eigenvalue weighted by molar-refractivity contribution is 5.79. The molecule has 1 saturated heterocycles. The Bertz CT molecular complexity index is 573. The predicted octanol–water partition coefficient (Wildman–Crippen LogP) is 2.49. The van der Waals surface area contributed by atoms with E-state index in [4.69, 9.17) is 9.47 Å². The van der Waals surface area contributed by atoms with Crippen molar-refractivity contribution < 1.29 is 27.4 Å². The third-order valence-corrected chi connectivity index (χ3v) is 3.86. The van der Waals surface area contributed by atoms with Crippen LogP contribution in [-0.2, 0) is 16.0 Å². The molecule has 0 spiro atoms. The highest BCUT2D eigenvalue weighted by atomic mass is 19.4. The number of nitrogens with one attached hydrogen (secondary N) is 2. The molecule has 0 bridgehead atoms. The van der Waals surface area contributed by atoms with Gasteiger partial charge in [-0.05, 0) is 30.5 Å². The van der Waals surface area contributed by atoms with Crippen molar-refractivity contribution in [3.63, 3.8) is 0 Å². The highest BCUT2D eigenvalue weighted by Gasteiger charge is 2.28. The number of hydrogen-bond donors (Lipinski definition) is 2. The van der Waals surface area contributed by atoms with Crippen molar-refractivity contribution in [3.8, 4) is 5.75 Å². The van der Waals surface area contributed by atoms with Gasteiger partial charge in [-0.15, -0.1) is 0 Å². The van der Waals surface area contributed by atoms with E-state index in [9.17, 15) is 13.2 Å². The molecule has 152 valence electrons. The number of halogens is 3. The van der Waals surface area contributed by atoms with E-state index in [2.05, 4.69) is 20.4 Å². The lowest BCUT2D eigenvalue weighted by Crippen LogP contribution is -2.37. The fraction of sp³-hybridized carbons (Fsp3) is 0.611. The average Bonchev–Trinajstić information content (AvgIpc) is 3.16. The van der Waals surface area contributed by atoms with Gasteiger partial charge in [0, 0.05) is 33.4 Å². The van der Waals surface area contributed by atoms with Crippen LogP contribution in [0.1, 0.15) is 18.4 Å². The number of nitrogens with zero attached hydrogens (tertiary/aromatic N) is 1. The zero-order valence-electron chi connectivity index (χ0n) is 15.3. The first-order valence-corrected chi connectivity index (χ1v) is 8.88. The molecule has 1 aliphatic rings. The number of rotatable bonds is 9. The lowest BCUT2D eigenvalue weighted by atomic mass is 10.2. The summed E-state index contributed by atoms with van der Waals surface area (Å²) in [5.74, 6) is 0.836. The number of aliphatic imine (C=N–C) groups is 1. The second-order valence-electron chi connectivity index (χ2n) is 6.11. The Kier molecular flexibility index (Phi) is 8.66. The fourth-order valence-corrected chi connectivity index (χ4v) is 2.45. The zero-order chi connectivity index (χ0) is 19.5. The monoisotopic (exact) mass is 389 g/mol. The van der Waals surface area contributed by atoms with Gasteiger partial charge in [-0.3, -0.25) is 4.99 Å². The SMILES string of the molecule is CN=C(NCCCOC1CCOC1)NCc1ccc(OCC(F)(F)F)cc1. The molecule has 0 aliphatic carbocycles. The van der Waals surface area contributed by atoms with Crippen LogP contribution in [0.5, 0.6) is 5.75 Å². The van der Waals surface area contributed by atoms with Gasteiger partial charge in [0.25, 0.3) is 0 Å². The van der Waals surface area contributed by atoms with Crippen molar-refractivity contribution in [2.24, 2.45) is 4.99 Å². The van der Waals surface area contributed by atoms with Crippen molar-refractivity contribution in [3.05, 3.63) is 29.8 Å². The van der Waals surface area contributed by atoms with Crippen LogP contribution in [0.25, 0.3) is 0 Å². The third kappa shape index (κ3) is 8.96. The number of hydrogen-bond acceptors (Lipinski definition) is 4. The first-order chi connectivity index (χ1) is 13.0. The van der Waals surface area contributed by atoms with Crippen LogP contribution < -0.4 is 15.4 Å². The van der Waals surface area contributed by atoms with Gasteiger partial charge in [-0.25, -0.2) is 0 Å². The average molecular weight is 389 g/mol. The number of benzene rings is 1. The standard InChI is InChI=1S/C18H26F3N3O3/c1-22-17(23-8-2-9-26-16-7-10-25-12-16)24-11-14-3-5-15(6-4-14)27-13-18(19,20)21/h3-6,16H,2,7-13H2,1H3,(H2,22,23,24). The van der Waals surface area contributed by atoms with E-state index < -0.39 is 12.8 Å². The molecule has 0 radical (unpaired) electrons. The predicted molar refractivity (Wildman–Crippen MR) is 96.0 cm³/mol. The highest BCUT2D eigenvalue weighted by Crippen LogP contribution is 2.18. The quantitative estimate of drug-likeness (QED) is 0.386. The maximum absolute atomic E-state index is 12.1. The molecule has 9 heteroatoms. The third-order valence-electron chi connectivity index (χ3n) is 3.86. The molecule has 0 amide bonds. The van der Waals surface area contributed by atoms with Gasteiger partial charge in [0.15, 0.2) is 12.6 Å². The molecular formula is C18H26F3N3O3. The Labute approximate surface area is 157 Å². The molecule has 2 rings (SSSR count).